The maximum absolute atomic E-state index is 16.7. The number of hydrogen-bond donors (Lipinski definition) is 0. The fourth-order valence-electron chi connectivity index (χ4n) is 7.62. The number of pyridine rings is 2. The molecule has 49 heavy (non-hydrogen) atoms. The van der Waals surface area contributed by atoms with Crippen LogP contribution in [0.15, 0.2) is 158 Å². The Kier molecular flexibility index (Phi) is 6.70. The van der Waals surface area contributed by atoms with Gasteiger partial charge in [0.2, 0.25) is 0 Å². The topological polar surface area (TPSA) is 34.0 Å². The summed E-state index contributed by atoms with van der Waals surface area (Å²) < 4.78 is 18.8. The Hall–Kier alpha value is -6.07. The highest BCUT2D eigenvalue weighted by molar-refractivity contribution is 6.18. The summed E-state index contributed by atoms with van der Waals surface area (Å²) in [4.78, 5) is 11.7. The number of alkyl halides is 1. The smallest absolute Gasteiger partial charge is 0.150 e. The SMILES string of the molecule is CC1(C)c2ccccc2N(c2ccccc2)c2c1ccc1c2c2ccc(C(F)c3cccc(-c4ccccn4)c3)cc2n1-c1ccccn1. The number of halogens is 1. The van der Waals surface area contributed by atoms with E-state index >= 15 is 4.39 Å². The highest BCUT2D eigenvalue weighted by Crippen LogP contribution is 2.55. The molecule has 3 aromatic heterocycles. The monoisotopic (exact) mass is 636 g/mol. The van der Waals surface area contributed by atoms with Crippen LogP contribution in [-0.2, 0) is 5.41 Å². The summed E-state index contributed by atoms with van der Waals surface area (Å²) >= 11 is 0. The average Bonchev–Trinajstić information content (AvgIpc) is 3.50. The summed E-state index contributed by atoms with van der Waals surface area (Å²) in [5.74, 6) is 0.786. The van der Waals surface area contributed by atoms with Gasteiger partial charge in [-0.05, 0) is 82.9 Å². The van der Waals surface area contributed by atoms with E-state index in [2.05, 4.69) is 101 Å². The van der Waals surface area contributed by atoms with Crippen molar-refractivity contribution in [1.29, 1.82) is 0 Å². The predicted octanol–water partition coefficient (Wildman–Crippen LogP) is 11.4. The summed E-state index contributed by atoms with van der Waals surface area (Å²) in [5, 5.41) is 2.16. The van der Waals surface area contributed by atoms with Gasteiger partial charge in [-0.15, -0.1) is 0 Å². The third kappa shape index (κ3) is 4.57. The molecule has 1 aliphatic rings. The normalized spacial score (nSPS) is 14.1. The van der Waals surface area contributed by atoms with E-state index in [1.807, 2.05) is 79.0 Å². The van der Waals surface area contributed by atoms with Gasteiger partial charge in [0.05, 0.1) is 28.1 Å². The van der Waals surface area contributed by atoms with Gasteiger partial charge >= 0.3 is 0 Å². The van der Waals surface area contributed by atoms with Gasteiger partial charge in [0.1, 0.15) is 5.82 Å². The molecule has 0 spiro atoms. The van der Waals surface area contributed by atoms with Gasteiger partial charge in [0.15, 0.2) is 6.17 Å². The lowest BCUT2D eigenvalue weighted by atomic mass is 9.73. The number of para-hydroxylation sites is 2. The van der Waals surface area contributed by atoms with Crippen LogP contribution >= 0.6 is 0 Å². The molecule has 0 saturated heterocycles. The number of aromatic nitrogens is 3. The first-order chi connectivity index (χ1) is 24.0. The third-order valence-electron chi connectivity index (χ3n) is 9.97. The first kappa shape index (κ1) is 29.1. The first-order valence-corrected chi connectivity index (χ1v) is 16.6. The van der Waals surface area contributed by atoms with Crippen LogP contribution in [0.2, 0.25) is 0 Å². The number of hydrogen-bond acceptors (Lipinski definition) is 3. The molecule has 0 fully saturated rings. The molecule has 1 aliphatic heterocycles. The van der Waals surface area contributed by atoms with Crippen molar-refractivity contribution in [2.75, 3.05) is 4.90 Å². The molecule has 4 heterocycles. The number of rotatable bonds is 5. The molecule has 5 heteroatoms. The van der Waals surface area contributed by atoms with Crippen molar-refractivity contribution in [3.8, 4) is 17.1 Å². The highest BCUT2D eigenvalue weighted by atomic mass is 19.1. The minimum atomic E-state index is -1.33. The minimum Gasteiger partial charge on any atom is -0.309 e. The molecule has 0 amide bonds. The predicted molar refractivity (Wildman–Crippen MR) is 198 cm³/mol. The van der Waals surface area contributed by atoms with E-state index in [0.29, 0.717) is 11.1 Å². The zero-order valence-electron chi connectivity index (χ0n) is 27.3. The Morgan fingerprint density at radius 1 is 0.612 bits per heavy atom. The van der Waals surface area contributed by atoms with Crippen LogP contribution in [0, 0.1) is 0 Å². The number of anilines is 3. The van der Waals surface area contributed by atoms with Crippen LogP contribution < -0.4 is 4.90 Å². The van der Waals surface area contributed by atoms with Gasteiger partial charge in [-0.25, -0.2) is 9.37 Å². The van der Waals surface area contributed by atoms with Gasteiger partial charge in [-0.1, -0.05) is 98.8 Å². The molecule has 0 bridgehead atoms. The molecule has 1 atom stereocenters. The minimum absolute atomic E-state index is 0.257. The Balaban J connectivity index is 1.31. The summed E-state index contributed by atoms with van der Waals surface area (Å²) in [7, 11) is 0. The van der Waals surface area contributed by atoms with Crippen molar-refractivity contribution >= 4 is 38.9 Å². The van der Waals surface area contributed by atoms with Crippen LogP contribution in [-0.4, -0.2) is 14.5 Å². The van der Waals surface area contributed by atoms with E-state index in [1.165, 1.54) is 11.1 Å². The fraction of sp³-hybridized carbons (Fsp3) is 0.0909. The van der Waals surface area contributed by atoms with Crippen LogP contribution in [0.4, 0.5) is 21.5 Å². The zero-order valence-corrected chi connectivity index (χ0v) is 27.3. The second-order valence-corrected chi connectivity index (χ2v) is 13.2. The molecule has 8 aromatic rings. The molecule has 0 saturated carbocycles. The number of benzene rings is 5. The van der Waals surface area contributed by atoms with E-state index in [4.69, 9.17) is 4.98 Å². The first-order valence-electron chi connectivity index (χ1n) is 16.6. The maximum Gasteiger partial charge on any atom is 0.150 e. The largest absolute Gasteiger partial charge is 0.309 e. The van der Waals surface area contributed by atoms with Crippen molar-refractivity contribution < 1.29 is 4.39 Å². The molecular weight excluding hydrogens is 604 g/mol. The molecular formula is C44H33FN4. The molecule has 236 valence electrons. The van der Waals surface area contributed by atoms with Gasteiger partial charge in [-0.2, -0.15) is 0 Å². The molecule has 1 unspecified atom stereocenters. The Morgan fingerprint density at radius 3 is 2.16 bits per heavy atom. The molecule has 0 aliphatic carbocycles. The lowest BCUT2D eigenvalue weighted by Gasteiger charge is -2.42. The zero-order chi connectivity index (χ0) is 33.1. The van der Waals surface area contributed by atoms with E-state index in [-0.39, 0.29) is 5.41 Å². The lowest BCUT2D eigenvalue weighted by Crippen LogP contribution is -2.30. The summed E-state index contributed by atoms with van der Waals surface area (Å²) in [5.41, 5.74) is 10.5. The Morgan fingerprint density at radius 2 is 1.37 bits per heavy atom. The molecule has 4 nitrogen and oxygen atoms in total. The van der Waals surface area contributed by atoms with E-state index in [1.54, 1.807) is 6.20 Å². The number of nitrogens with zero attached hydrogens (tertiary/aromatic N) is 4. The van der Waals surface area contributed by atoms with Gasteiger partial charge in [0.25, 0.3) is 0 Å². The van der Waals surface area contributed by atoms with Crippen molar-refractivity contribution in [3.05, 3.63) is 180 Å². The van der Waals surface area contributed by atoms with Gasteiger partial charge in [-0.3, -0.25) is 9.55 Å². The van der Waals surface area contributed by atoms with Crippen LogP contribution in [0.25, 0.3) is 38.9 Å². The molecule has 0 N–H and O–H groups in total. The van der Waals surface area contributed by atoms with Gasteiger partial charge in [0, 0.05) is 39.8 Å². The van der Waals surface area contributed by atoms with Crippen molar-refractivity contribution in [2.24, 2.45) is 0 Å². The standard InChI is InChI=1S/C44H33FN4/c1-44(2)34-17-6-7-19-37(34)48(32-15-4-3-5-16-32)43-35(44)23-24-38-41(43)33-22-21-31(28-39(33)49(38)40-20-9-11-26-47-40)42(45)30-14-12-13-29(27-30)36-18-8-10-25-46-36/h3-28,42H,1-2H3. The maximum atomic E-state index is 16.7. The van der Waals surface area contributed by atoms with E-state index in [9.17, 15) is 0 Å². The van der Waals surface area contributed by atoms with E-state index < -0.39 is 6.17 Å². The van der Waals surface area contributed by atoms with Gasteiger partial charge < -0.3 is 4.90 Å². The van der Waals surface area contributed by atoms with Crippen molar-refractivity contribution in [2.45, 2.75) is 25.4 Å². The third-order valence-corrected chi connectivity index (χ3v) is 9.97. The number of fused-ring (bicyclic) bond motifs is 6. The van der Waals surface area contributed by atoms with Crippen LogP contribution in [0.5, 0.6) is 0 Å². The van der Waals surface area contributed by atoms with Crippen molar-refractivity contribution in [3.63, 3.8) is 0 Å². The quantitative estimate of drug-likeness (QED) is 0.188. The van der Waals surface area contributed by atoms with E-state index in [0.717, 1.165) is 55.9 Å². The molecule has 5 aromatic carbocycles. The fourth-order valence-corrected chi connectivity index (χ4v) is 7.62. The lowest BCUT2D eigenvalue weighted by molar-refractivity contribution is 0.402. The van der Waals surface area contributed by atoms with Crippen molar-refractivity contribution in [1.82, 2.24) is 14.5 Å². The average molecular weight is 637 g/mol. The summed E-state index contributed by atoms with van der Waals surface area (Å²) in [6.07, 6.45) is 2.24. The Labute approximate surface area is 284 Å². The summed E-state index contributed by atoms with van der Waals surface area (Å²) in [6, 6.07) is 49.1. The molecule has 0 radical (unpaired) electrons. The Bertz CT molecular complexity index is 2490. The highest BCUT2D eigenvalue weighted by Gasteiger charge is 2.39. The molecule has 9 rings (SSSR count). The van der Waals surface area contributed by atoms with Crippen LogP contribution in [0.3, 0.4) is 0 Å². The second-order valence-electron chi connectivity index (χ2n) is 13.2. The van der Waals surface area contributed by atoms with Crippen LogP contribution in [0.1, 0.15) is 42.3 Å². The summed E-state index contributed by atoms with van der Waals surface area (Å²) in [6.45, 7) is 4.61. The second kappa shape index (κ2) is 11.3.